The van der Waals surface area contributed by atoms with E-state index in [0.717, 1.165) is 6.42 Å². The van der Waals surface area contributed by atoms with Gasteiger partial charge >= 0.3 is 6.09 Å². The monoisotopic (exact) mass is 676 g/mol. The smallest absolute Gasteiger partial charge is 0.408 e. The molecule has 0 spiro atoms. The molecule has 1 aromatic carbocycles. The number of nitrogens with zero attached hydrogens (tertiary/aromatic N) is 4. The Morgan fingerprint density at radius 3 is 2.37 bits per heavy atom. The number of aromatic nitrogens is 3. The Bertz CT molecular complexity index is 1680. The quantitative estimate of drug-likeness (QED) is 0.353. The van der Waals surface area contributed by atoms with Gasteiger partial charge in [-0.1, -0.05) is 23.2 Å². The van der Waals surface area contributed by atoms with E-state index < -0.39 is 17.7 Å². The molecular formula is C31H38Cl2N6O7. The third kappa shape index (κ3) is 7.11. The first-order chi connectivity index (χ1) is 21.8. The summed E-state index contributed by atoms with van der Waals surface area (Å²) in [5.41, 5.74) is -0.173. The van der Waals surface area contributed by atoms with Crippen molar-refractivity contribution in [3.05, 3.63) is 38.7 Å². The second kappa shape index (κ2) is 13.5. The summed E-state index contributed by atoms with van der Waals surface area (Å²) in [7, 11) is 2.92. The lowest BCUT2D eigenvalue weighted by atomic mass is 10.0. The topological polar surface area (TPSA) is 146 Å². The molecule has 3 aromatic rings. The van der Waals surface area contributed by atoms with Crippen LogP contribution in [0.3, 0.4) is 0 Å². The zero-order valence-corrected chi connectivity index (χ0v) is 28.1. The van der Waals surface area contributed by atoms with Crippen molar-refractivity contribution in [3.63, 3.8) is 0 Å². The summed E-state index contributed by atoms with van der Waals surface area (Å²) in [4.78, 5) is 49.9. The highest BCUT2D eigenvalue weighted by Crippen LogP contribution is 2.45. The van der Waals surface area contributed by atoms with E-state index in [0.29, 0.717) is 42.2 Å². The van der Waals surface area contributed by atoms with Crippen LogP contribution in [0.25, 0.3) is 22.2 Å². The molecule has 3 unspecified atom stereocenters. The molecule has 0 bridgehead atoms. The van der Waals surface area contributed by atoms with E-state index in [1.165, 1.54) is 21.1 Å². The summed E-state index contributed by atoms with van der Waals surface area (Å²) in [6, 6.07) is 2.44. The van der Waals surface area contributed by atoms with Gasteiger partial charge in [0.1, 0.15) is 22.7 Å². The van der Waals surface area contributed by atoms with Crippen molar-refractivity contribution < 1.29 is 28.5 Å². The number of carbonyl (C=O) groups excluding carboxylic acids is 2. The van der Waals surface area contributed by atoms with Gasteiger partial charge in [0, 0.05) is 49.8 Å². The van der Waals surface area contributed by atoms with Crippen molar-refractivity contribution in [2.75, 3.05) is 45.8 Å². The van der Waals surface area contributed by atoms with Gasteiger partial charge in [0.05, 0.1) is 55.1 Å². The van der Waals surface area contributed by atoms with Crippen LogP contribution in [0.2, 0.25) is 10.0 Å². The third-order valence-electron chi connectivity index (χ3n) is 7.94. The van der Waals surface area contributed by atoms with Gasteiger partial charge in [0.15, 0.2) is 0 Å². The van der Waals surface area contributed by atoms with Gasteiger partial charge in [0.2, 0.25) is 11.9 Å². The van der Waals surface area contributed by atoms with Gasteiger partial charge in [-0.3, -0.25) is 14.2 Å². The van der Waals surface area contributed by atoms with Gasteiger partial charge in [-0.15, -0.1) is 0 Å². The Balaban J connectivity index is 1.56. The lowest BCUT2D eigenvalue weighted by molar-refractivity contribution is -0.127. The number of pyridine rings is 1. The summed E-state index contributed by atoms with van der Waals surface area (Å²) in [5.74, 6) is 0.818. The summed E-state index contributed by atoms with van der Waals surface area (Å²) in [6.07, 6.45) is 1.77. The van der Waals surface area contributed by atoms with Gasteiger partial charge in [-0.05, 0) is 39.2 Å². The van der Waals surface area contributed by atoms with Crippen molar-refractivity contribution in [1.29, 1.82) is 0 Å². The maximum atomic E-state index is 14.4. The van der Waals surface area contributed by atoms with E-state index in [9.17, 15) is 14.4 Å². The standard InChI is InChI=1S/C31H38Cl2N6O7/c1-16(40)38-8-7-17(12-38)13-39-27-18(9-19(28(39)41)24-25(32)22(43-5)10-23(44-6)26(24)33)11-34-29(37-27)35-20-14-45-15-21(20)36-30(42)46-31(2,3)4/h9-11,17,20-21H,7-8,12-15H2,1-6H3,(H,36,42)(H,34,35,37). The molecule has 2 aliphatic heterocycles. The van der Waals surface area contributed by atoms with Crippen LogP contribution < -0.4 is 25.7 Å². The predicted molar refractivity (Wildman–Crippen MR) is 174 cm³/mol. The van der Waals surface area contributed by atoms with E-state index in [4.69, 9.17) is 47.1 Å². The summed E-state index contributed by atoms with van der Waals surface area (Å²) in [6.45, 7) is 8.88. The highest BCUT2D eigenvalue weighted by molar-refractivity contribution is 6.41. The Morgan fingerprint density at radius 2 is 1.76 bits per heavy atom. The number of anilines is 1. The van der Waals surface area contributed by atoms with Crippen LogP contribution in [0, 0.1) is 5.92 Å². The molecule has 3 atom stereocenters. The molecule has 0 radical (unpaired) electrons. The number of rotatable bonds is 8. The van der Waals surface area contributed by atoms with Crippen molar-refractivity contribution in [2.45, 2.75) is 58.3 Å². The van der Waals surface area contributed by atoms with Crippen molar-refractivity contribution in [1.82, 2.24) is 24.8 Å². The SMILES string of the molecule is COc1cc(OC)c(Cl)c(-c2cc3cnc(NC4COCC4NC(=O)OC(C)(C)C)nc3n(CC3CCN(C(C)=O)C3)c2=O)c1Cl. The third-order valence-corrected chi connectivity index (χ3v) is 8.69. The maximum absolute atomic E-state index is 14.4. The number of ether oxygens (including phenoxy) is 4. The zero-order chi connectivity index (χ0) is 33.3. The van der Waals surface area contributed by atoms with Crippen molar-refractivity contribution >= 4 is 52.2 Å². The minimum absolute atomic E-state index is 0.00264. The van der Waals surface area contributed by atoms with Crippen LogP contribution in [0.15, 0.2) is 23.1 Å². The van der Waals surface area contributed by atoms with Gasteiger partial charge in [-0.2, -0.15) is 4.98 Å². The van der Waals surface area contributed by atoms with E-state index in [-0.39, 0.29) is 63.7 Å². The van der Waals surface area contributed by atoms with Crippen LogP contribution in [0.5, 0.6) is 11.5 Å². The van der Waals surface area contributed by atoms with E-state index in [1.54, 1.807) is 48.6 Å². The molecule has 46 heavy (non-hydrogen) atoms. The number of benzene rings is 1. The van der Waals surface area contributed by atoms with Crippen LogP contribution >= 0.6 is 23.2 Å². The Morgan fingerprint density at radius 1 is 1.09 bits per heavy atom. The van der Waals surface area contributed by atoms with Crippen LogP contribution in [0.4, 0.5) is 10.7 Å². The fourth-order valence-corrected chi connectivity index (χ4v) is 6.39. The molecule has 0 saturated carbocycles. The fourth-order valence-electron chi connectivity index (χ4n) is 5.69. The molecule has 2 aliphatic rings. The normalized spacial score (nSPS) is 19.7. The lowest BCUT2D eigenvalue weighted by Crippen LogP contribution is -2.47. The molecule has 0 aliphatic carbocycles. The highest BCUT2D eigenvalue weighted by atomic mass is 35.5. The Kier molecular flexibility index (Phi) is 9.85. The number of amides is 2. The second-order valence-electron chi connectivity index (χ2n) is 12.4. The minimum Gasteiger partial charge on any atom is -0.495 e. The molecule has 2 amide bonds. The number of fused-ring (bicyclic) bond motifs is 1. The van der Waals surface area contributed by atoms with Crippen molar-refractivity contribution in [3.8, 4) is 22.6 Å². The van der Waals surface area contributed by atoms with Crippen LogP contribution in [-0.2, 0) is 20.8 Å². The number of halogens is 2. The van der Waals surface area contributed by atoms with E-state index in [1.807, 2.05) is 0 Å². The molecule has 2 fully saturated rings. The lowest BCUT2D eigenvalue weighted by Gasteiger charge is -2.24. The molecule has 5 rings (SSSR count). The van der Waals surface area contributed by atoms with Crippen LogP contribution in [-0.4, -0.2) is 89.6 Å². The molecule has 2 saturated heterocycles. The number of nitrogens with one attached hydrogen (secondary N) is 2. The fraction of sp³-hybridized carbons (Fsp3) is 0.516. The number of hydrogen-bond acceptors (Lipinski definition) is 10. The summed E-state index contributed by atoms with van der Waals surface area (Å²) >= 11 is 13.5. The number of likely N-dealkylation sites (tertiary alicyclic amines) is 1. The van der Waals surface area contributed by atoms with E-state index in [2.05, 4.69) is 15.6 Å². The first kappa shape index (κ1) is 33.6. The molecule has 4 heterocycles. The largest absolute Gasteiger partial charge is 0.495 e. The molecule has 13 nitrogen and oxygen atoms in total. The zero-order valence-electron chi connectivity index (χ0n) is 26.6. The molecule has 2 aromatic heterocycles. The Hall–Kier alpha value is -3.81. The maximum Gasteiger partial charge on any atom is 0.408 e. The predicted octanol–water partition coefficient (Wildman–Crippen LogP) is 4.35. The number of alkyl carbamates (subject to hydrolysis) is 1. The van der Waals surface area contributed by atoms with Crippen LogP contribution in [0.1, 0.15) is 34.1 Å². The van der Waals surface area contributed by atoms with Gasteiger partial charge in [-0.25, -0.2) is 9.78 Å². The van der Waals surface area contributed by atoms with E-state index >= 15 is 0 Å². The second-order valence-corrected chi connectivity index (χ2v) is 13.1. The van der Waals surface area contributed by atoms with Gasteiger partial charge < -0.3 is 34.5 Å². The summed E-state index contributed by atoms with van der Waals surface area (Å²) < 4.78 is 23.5. The summed E-state index contributed by atoms with van der Waals surface area (Å²) in [5, 5.41) is 6.96. The molecule has 248 valence electrons. The van der Waals surface area contributed by atoms with Crippen molar-refractivity contribution in [2.24, 2.45) is 5.92 Å². The Labute approximate surface area is 276 Å². The first-order valence-corrected chi connectivity index (χ1v) is 15.7. The molecular weight excluding hydrogens is 639 g/mol. The highest BCUT2D eigenvalue weighted by Gasteiger charge is 2.32. The number of carbonyl (C=O) groups is 2. The van der Waals surface area contributed by atoms with Gasteiger partial charge in [0.25, 0.3) is 5.56 Å². The number of hydrogen-bond donors (Lipinski definition) is 2. The molecule has 2 N–H and O–H groups in total. The average Bonchev–Trinajstić information content (AvgIpc) is 3.64. The molecule has 15 heteroatoms. The average molecular weight is 678 g/mol. The first-order valence-electron chi connectivity index (χ1n) is 14.9. The number of methoxy groups -OCH3 is 2. The minimum atomic E-state index is -0.651.